The lowest BCUT2D eigenvalue weighted by Crippen LogP contribution is -2.56. The van der Waals surface area contributed by atoms with Crippen LogP contribution in [0.15, 0.2) is 40.9 Å². The van der Waals surface area contributed by atoms with Gasteiger partial charge in [0.2, 0.25) is 17.5 Å². The number of hydrogen-bond donors (Lipinski definition) is 1. The van der Waals surface area contributed by atoms with Crippen LogP contribution in [0.2, 0.25) is 5.02 Å². The number of amides is 1. The average Bonchev–Trinajstić information content (AvgIpc) is 3.37. The Hall–Kier alpha value is -3.30. The van der Waals surface area contributed by atoms with E-state index in [9.17, 15) is 4.79 Å². The van der Waals surface area contributed by atoms with Crippen LogP contribution in [0.4, 0.5) is 0 Å². The van der Waals surface area contributed by atoms with Gasteiger partial charge in [-0.05, 0) is 62.1 Å². The second kappa shape index (κ2) is 11.0. The van der Waals surface area contributed by atoms with Gasteiger partial charge in [-0.1, -0.05) is 23.2 Å². The van der Waals surface area contributed by atoms with Crippen LogP contribution >= 0.6 is 11.6 Å². The van der Waals surface area contributed by atoms with Crippen molar-refractivity contribution in [3.63, 3.8) is 0 Å². The Balaban J connectivity index is 1.25. The van der Waals surface area contributed by atoms with Crippen molar-refractivity contribution in [1.29, 1.82) is 0 Å². The molecular formula is C27H31ClN4O5. The number of methoxy groups -OCH3 is 3. The summed E-state index contributed by atoms with van der Waals surface area (Å²) in [6, 6.07) is 11.5. The Kier molecular flexibility index (Phi) is 7.53. The van der Waals surface area contributed by atoms with Crippen LogP contribution in [0.3, 0.4) is 0 Å². The Labute approximate surface area is 221 Å². The van der Waals surface area contributed by atoms with E-state index in [2.05, 4.69) is 20.4 Å². The molecule has 2 aromatic carbocycles. The number of rotatable bonds is 8. The minimum atomic E-state index is -0.153. The molecule has 3 aromatic rings. The van der Waals surface area contributed by atoms with Crippen LogP contribution in [0.1, 0.15) is 48.4 Å². The molecule has 10 heteroatoms. The fourth-order valence-electron chi connectivity index (χ4n) is 5.53. The van der Waals surface area contributed by atoms with E-state index < -0.39 is 0 Å². The summed E-state index contributed by atoms with van der Waals surface area (Å²) in [4.78, 5) is 20.3. The lowest BCUT2D eigenvalue weighted by atomic mass is 9.81. The molecule has 2 bridgehead atoms. The van der Waals surface area contributed by atoms with E-state index >= 15 is 0 Å². The second-order valence-corrected chi connectivity index (χ2v) is 9.92. The highest BCUT2D eigenvalue weighted by atomic mass is 35.5. The molecule has 2 fully saturated rings. The summed E-state index contributed by atoms with van der Waals surface area (Å²) in [6.07, 6.45) is 5.06. The largest absolute Gasteiger partial charge is 0.493 e. The standard InChI is InChI=1S/C27H31ClN4O5/c1-34-22-11-17(12-23(35-2)25(22)36-3)27(33)29-19-13-20-5-4-6-21(14-19)32(20)15-24-30-26(31-37-24)16-7-9-18(28)10-8-16/h7-12,19-21H,4-6,13-15H2,1-3H3,(H,29,33). The van der Waals surface area contributed by atoms with Gasteiger partial charge in [0.15, 0.2) is 11.5 Å². The highest BCUT2D eigenvalue weighted by molar-refractivity contribution is 6.30. The van der Waals surface area contributed by atoms with E-state index in [4.69, 9.17) is 30.3 Å². The van der Waals surface area contributed by atoms with Crippen molar-refractivity contribution in [2.75, 3.05) is 21.3 Å². The van der Waals surface area contributed by atoms with Gasteiger partial charge in [0.25, 0.3) is 5.91 Å². The summed E-state index contributed by atoms with van der Waals surface area (Å²) < 4.78 is 21.8. The number of aromatic nitrogens is 2. The summed E-state index contributed by atoms with van der Waals surface area (Å²) in [5.74, 6) is 2.38. The van der Waals surface area contributed by atoms with Crippen molar-refractivity contribution in [1.82, 2.24) is 20.4 Å². The van der Waals surface area contributed by atoms with Gasteiger partial charge in [0.1, 0.15) is 0 Å². The highest BCUT2D eigenvalue weighted by Gasteiger charge is 2.39. The molecule has 2 saturated heterocycles. The predicted molar refractivity (Wildman–Crippen MR) is 138 cm³/mol. The van der Waals surface area contributed by atoms with E-state index in [0.717, 1.165) is 31.2 Å². The third-order valence-electron chi connectivity index (χ3n) is 7.28. The molecule has 2 atom stereocenters. The maximum absolute atomic E-state index is 13.2. The van der Waals surface area contributed by atoms with Crippen LogP contribution < -0.4 is 19.5 Å². The van der Waals surface area contributed by atoms with Crippen molar-refractivity contribution in [3.05, 3.63) is 52.9 Å². The van der Waals surface area contributed by atoms with Gasteiger partial charge in [-0.2, -0.15) is 4.98 Å². The van der Waals surface area contributed by atoms with E-state index in [1.165, 1.54) is 20.6 Å². The normalized spacial score (nSPS) is 21.4. The molecule has 1 aromatic heterocycles. The van der Waals surface area contributed by atoms with Gasteiger partial charge in [0, 0.05) is 34.3 Å². The molecule has 2 aliphatic heterocycles. The molecule has 0 saturated carbocycles. The molecule has 37 heavy (non-hydrogen) atoms. The first-order valence-corrected chi connectivity index (χ1v) is 12.8. The zero-order valence-corrected chi connectivity index (χ0v) is 22.0. The molecule has 2 unspecified atom stereocenters. The van der Waals surface area contributed by atoms with Gasteiger partial charge in [-0.25, -0.2) is 0 Å². The van der Waals surface area contributed by atoms with Gasteiger partial charge < -0.3 is 24.1 Å². The van der Waals surface area contributed by atoms with Crippen molar-refractivity contribution in [2.45, 2.75) is 56.8 Å². The molecule has 3 heterocycles. The molecule has 196 valence electrons. The zero-order chi connectivity index (χ0) is 25.9. The van der Waals surface area contributed by atoms with Gasteiger partial charge in [-0.3, -0.25) is 9.69 Å². The van der Waals surface area contributed by atoms with E-state index in [1.807, 2.05) is 24.3 Å². The van der Waals surface area contributed by atoms with Crippen LogP contribution in [0.5, 0.6) is 17.2 Å². The maximum Gasteiger partial charge on any atom is 0.251 e. The maximum atomic E-state index is 13.2. The molecule has 9 nitrogen and oxygen atoms in total. The van der Waals surface area contributed by atoms with Crippen LogP contribution in [0.25, 0.3) is 11.4 Å². The van der Waals surface area contributed by atoms with Gasteiger partial charge in [0.05, 0.1) is 27.9 Å². The lowest BCUT2D eigenvalue weighted by Gasteiger charge is -2.48. The number of benzene rings is 2. The van der Waals surface area contributed by atoms with Crippen LogP contribution in [-0.4, -0.2) is 60.4 Å². The van der Waals surface area contributed by atoms with Gasteiger partial charge in [-0.15, -0.1) is 0 Å². The molecule has 5 rings (SSSR count). The Morgan fingerprint density at radius 1 is 1.05 bits per heavy atom. The summed E-state index contributed by atoms with van der Waals surface area (Å²) in [6.45, 7) is 0.601. The van der Waals surface area contributed by atoms with Gasteiger partial charge >= 0.3 is 0 Å². The first kappa shape index (κ1) is 25.4. The number of piperidine rings is 2. The van der Waals surface area contributed by atoms with E-state index in [1.54, 1.807) is 19.2 Å². The van der Waals surface area contributed by atoms with Crippen molar-refractivity contribution in [3.8, 4) is 28.6 Å². The Bertz CT molecular complexity index is 1210. The number of fused-ring (bicyclic) bond motifs is 2. The predicted octanol–water partition coefficient (Wildman–Crippen LogP) is 4.73. The van der Waals surface area contributed by atoms with E-state index in [0.29, 0.717) is 58.2 Å². The molecule has 0 aliphatic carbocycles. The topological polar surface area (TPSA) is 99.0 Å². The summed E-state index contributed by atoms with van der Waals surface area (Å²) >= 11 is 5.99. The Morgan fingerprint density at radius 3 is 2.30 bits per heavy atom. The smallest absolute Gasteiger partial charge is 0.251 e. The fourth-order valence-corrected chi connectivity index (χ4v) is 5.65. The summed E-state index contributed by atoms with van der Waals surface area (Å²) in [5.41, 5.74) is 1.34. The summed E-state index contributed by atoms with van der Waals surface area (Å²) in [5, 5.41) is 8.07. The number of carbonyl (C=O) groups excluding carboxylic acids is 1. The Morgan fingerprint density at radius 2 is 1.70 bits per heavy atom. The van der Waals surface area contributed by atoms with E-state index in [-0.39, 0.29) is 11.9 Å². The molecule has 0 spiro atoms. The minimum Gasteiger partial charge on any atom is -0.493 e. The number of hydrogen-bond acceptors (Lipinski definition) is 8. The first-order valence-electron chi connectivity index (χ1n) is 12.4. The molecule has 0 radical (unpaired) electrons. The van der Waals surface area contributed by atoms with Crippen molar-refractivity contribution >= 4 is 17.5 Å². The minimum absolute atomic E-state index is 0.0745. The number of carbonyl (C=O) groups is 1. The highest BCUT2D eigenvalue weighted by Crippen LogP contribution is 2.39. The van der Waals surface area contributed by atoms with Crippen molar-refractivity contribution < 1.29 is 23.5 Å². The number of ether oxygens (including phenoxy) is 3. The monoisotopic (exact) mass is 526 g/mol. The number of nitrogens with one attached hydrogen (secondary N) is 1. The average molecular weight is 527 g/mol. The summed E-state index contributed by atoms with van der Waals surface area (Å²) in [7, 11) is 4.62. The van der Waals surface area contributed by atoms with Crippen molar-refractivity contribution in [2.24, 2.45) is 0 Å². The molecule has 2 aliphatic rings. The molecular weight excluding hydrogens is 496 g/mol. The second-order valence-electron chi connectivity index (χ2n) is 9.49. The number of nitrogens with zero attached hydrogens (tertiary/aromatic N) is 3. The quantitative estimate of drug-likeness (QED) is 0.449. The van der Waals surface area contributed by atoms with Crippen LogP contribution in [-0.2, 0) is 6.54 Å². The SMILES string of the molecule is COc1cc(C(=O)NC2CC3CCCC(C2)N3Cc2nc(-c3ccc(Cl)cc3)no2)cc(OC)c1OC. The third kappa shape index (κ3) is 5.38. The third-order valence-corrected chi connectivity index (χ3v) is 7.53. The first-order chi connectivity index (χ1) is 18.0. The number of halogens is 1. The lowest BCUT2D eigenvalue weighted by molar-refractivity contribution is 0.0105. The van der Waals surface area contributed by atoms with Crippen LogP contribution in [0, 0.1) is 0 Å². The zero-order valence-electron chi connectivity index (χ0n) is 21.2. The molecule has 1 amide bonds. The fraction of sp³-hybridized carbons (Fsp3) is 0.444. The molecule has 1 N–H and O–H groups in total.